The predicted octanol–water partition coefficient (Wildman–Crippen LogP) is 3.44. The van der Waals surface area contributed by atoms with Crippen LogP contribution in [0.15, 0.2) is 47.6 Å². The molecule has 0 radical (unpaired) electrons. The van der Waals surface area contributed by atoms with Gasteiger partial charge in [0.05, 0.1) is 19.4 Å². The Kier molecular flexibility index (Phi) is 10.9. The highest BCUT2D eigenvalue weighted by Gasteiger charge is 2.20. The van der Waals surface area contributed by atoms with Crippen molar-refractivity contribution in [2.45, 2.75) is 38.9 Å². The lowest BCUT2D eigenvalue weighted by atomic mass is 10.0. The lowest BCUT2D eigenvalue weighted by Gasteiger charge is -2.32. The van der Waals surface area contributed by atoms with Crippen LogP contribution in [0.2, 0.25) is 0 Å². The van der Waals surface area contributed by atoms with Gasteiger partial charge in [-0.3, -0.25) is 14.9 Å². The van der Waals surface area contributed by atoms with Gasteiger partial charge < -0.3 is 20.1 Å². The number of aliphatic imine (C=N–C) groups is 1. The largest absolute Gasteiger partial charge is 0.493 e. The summed E-state index contributed by atoms with van der Waals surface area (Å²) in [5.41, 5.74) is 2.25. The third kappa shape index (κ3) is 7.84. The Hall–Kier alpha value is -2.07. The number of methoxy groups -OCH3 is 1. The fraction of sp³-hybridized carbons (Fsp3) is 0.478. The average molecular weight is 539 g/mol. The van der Waals surface area contributed by atoms with Gasteiger partial charge in [0, 0.05) is 45.5 Å². The molecule has 0 saturated carbocycles. The molecular formula is C23H34IN5O2. The maximum atomic E-state index is 5.67. The number of hydrogen-bond acceptors (Lipinski definition) is 5. The first-order chi connectivity index (χ1) is 14.7. The SMILES string of the molecule is CCOc1cc(CNC(=NC)NC2CCN(Cc3ccccn3)CC2)ccc1OC.I. The summed E-state index contributed by atoms with van der Waals surface area (Å²) in [5.74, 6) is 2.34. The van der Waals surface area contributed by atoms with Crippen molar-refractivity contribution in [3.8, 4) is 11.5 Å². The van der Waals surface area contributed by atoms with Crippen molar-refractivity contribution < 1.29 is 9.47 Å². The maximum Gasteiger partial charge on any atom is 0.191 e. The predicted molar refractivity (Wildman–Crippen MR) is 135 cm³/mol. The molecule has 1 aliphatic rings. The van der Waals surface area contributed by atoms with Crippen molar-refractivity contribution in [3.63, 3.8) is 0 Å². The molecule has 170 valence electrons. The van der Waals surface area contributed by atoms with E-state index in [1.165, 1.54) is 0 Å². The Bertz CT molecular complexity index is 811. The van der Waals surface area contributed by atoms with Crippen LogP contribution in [0.3, 0.4) is 0 Å². The van der Waals surface area contributed by atoms with E-state index in [0.717, 1.165) is 61.2 Å². The van der Waals surface area contributed by atoms with Gasteiger partial charge in [-0.2, -0.15) is 0 Å². The highest BCUT2D eigenvalue weighted by atomic mass is 127. The summed E-state index contributed by atoms with van der Waals surface area (Å²) in [4.78, 5) is 11.3. The summed E-state index contributed by atoms with van der Waals surface area (Å²) in [6, 6.07) is 12.5. The number of guanidine groups is 1. The number of rotatable bonds is 8. The summed E-state index contributed by atoms with van der Waals surface area (Å²) in [5, 5.41) is 6.97. The smallest absolute Gasteiger partial charge is 0.191 e. The Morgan fingerprint density at radius 1 is 1.19 bits per heavy atom. The van der Waals surface area contributed by atoms with Gasteiger partial charge in [0.25, 0.3) is 0 Å². The number of piperidine rings is 1. The second kappa shape index (κ2) is 13.4. The van der Waals surface area contributed by atoms with E-state index in [0.29, 0.717) is 19.2 Å². The number of pyridine rings is 1. The topological polar surface area (TPSA) is 71.0 Å². The molecule has 2 heterocycles. The number of nitrogens with one attached hydrogen (secondary N) is 2. The third-order valence-corrected chi connectivity index (χ3v) is 5.25. The molecule has 0 unspecified atom stereocenters. The van der Waals surface area contributed by atoms with Gasteiger partial charge in [-0.1, -0.05) is 12.1 Å². The van der Waals surface area contributed by atoms with Crippen molar-refractivity contribution >= 4 is 29.9 Å². The molecule has 31 heavy (non-hydrogen) atoms. The van der Waals surface area contributed by atoms with Crippen LogP contribution in [0.25, 0.3) is 0 Å². The van der Waals surface area contributed by atoms with Crippen LogP contribution in [0.4, 0.5) is 0 Å². The Labute approximate surface area is 202 Å². The van der Waals surface area contributed by atoms with Gasteiger partial charge in [0.2, 0.25) is 0 Å². The minimum atomic E-state index is 0. The molecule has 0 atom stereocenters. The van der Waals surface area contributed by atoms with Crippen molar-refractivity contribution in [2.75, 3.05) is 33.9 Å². The Balaban J connectivity index is 0.00000341. The van der Waals surface area contributed by atoms with Crippen LogP contribution in [0, 0.1) is 0 Å². The van der Waals surface area contributed by atoms with Crippen LogP contribution in [0.1, 0.15) is 31.0 Å². The molecule has 2 aromatic rings. The van der Waals surface area contributed by atoms with Crippen LogP contribution in [0.5, 0.6) is 11.5 Å². The summed E-state index contributed by atoms with van der Waals surface area (Å²) in [6.07, 6.45) is 4.04. The molecule has 1 aromatic carbocycles. The molecule has 0 amide bonds. The molecule has 7 nitrogen and oxygen atoms in total. The summed E-state index contributed by atoms with van der Waals surface area (Å²) >= 11 is 0. The van der Waals surface area contributed by atoms with Gasteiger partial charge in [-0.15, -0.1) is 24.0 Å². The summed E-state index contributed by atoms with van der Waals surface area (Å²) in [7, 11) is 3.47. The number of aromatic nitrogens is 1. The first-order valence-corrected chi connectivity index (χ1v) is 10.6. The van der Waals surface area contributed by atoms with Gasteiger partial charge >= 0.3 is 0 Å². The van der Waals surface area contributed by atoms with E-state index in [9.17, 15) is 0 Å². The number of ether oxygens (including phenoxy) is 2. The second-order valence-corrected chi connectivity index (χ2v) is 7.36. The molecule has 8 heteroatoms. The number of likely N-dealkylation sites (tertiary alicyclic amines) is 1. The van der Waals surface area contributed by atoms with E-state index >= 15 is 0 Å². The number of hydrogen-bond donors (Lipinski definition) is 2. The zero-order valence-electron chi connectivity index (χ0n) is 18.6. The third-order valence-electron chi connectivity index (χ3n) is 5.25. The normalized spacial score (nSPS) is 15.1. The first kappa shape index (κ1) is 25.2. The van der Waals surface area contributed by atoms with E-state index in [-0.39, 0.29) is 24.0 Å². The zero-order chi connectivity index (χ0) is 21.2. The minimum absolute atomic E-state index is 0. The molecule has 0 aliphatic carbocycles. The zero-order valence-corrected chi connectivity index (χ0v) is 21.0. The van der Waals surface area contributed by atoms with Crippen LogP contribution < -0.4 is 20.1 Å². The van der Waals surface area contributed by atoms with E-state index in [2.05, 4.69) is 31.6 Å². The van der Waals surface area contributed by atoms with Gasteiger partial charge in [-0.05, 0) is 49.6 Å². The molecule has 1 saturated heterocycles. The van der Waals surface area contributed by atoms with E-state index in [1.54, 1.807) is 7.11 Å². The van der Waals surface area contributed by atoms with Gasteiger partial charge in [-0.25, -0.2) is 0 Å². The number of halogens is 1. The molecule has 0 bridgehead atoms. The minimum Gasteiger partial charge on any atom is -0.493 e. The van der Waals surface area contributed by atoms with E-state index < -0.39 is 0 Å². The molecule has 1 aromatic heterocycles. The van der Waals surface area contributed by atoms with Crippen molar-refractivity contribution in [2.24, 2.45) is 4.99 Å². The standard InChI is InChI=1S/C23H33N5O2.HI/c1-4-30-22-15-18(8-9-21(22)29-3)16-26-23(24-2)27-19-10-13-28(14-11-19)17-20-7-5-6-12-25-20;/h5-9,12,15,19H,4,10-11,13-14,16-17H2,1-3H3,(H2,24,26,27);1H. The molecule has 2 N–H and O–H groups in total. The second-order valence-electron chi connectivity index (χ2n) is 7.36. The fourth-order valence-corrected chi connectivity index (χ4v) is 3.63. The van der Waals surface area contributed by atoms with Crippen LogP contribution in [-0.2, 0) is 13.1 Å². The lowest BCUT2D eigenvalue weighted by Crippen LogP contribution is -2.48. The van der Waals surface area contributed by atoms with Crippen LogP contribution >= 0.6 is 24.0 Å². The van der Waals surface area contributed by atoms with Gasteiger partial charge in [0.15, 0.2) is 17.5 Å². The summed E-state index contributed by atoms with van der Waals surface area (Å²) in [6.45, 7) is 6.28. The van der Waals surface area contributed by atoms with Crippen molar-refractivity contribution in [1.29, 1.82) is 0 Å². The van der Waals surface area contributed by atoms with E-state index in [1.807, 2.05) is 50.5 Å². The first-order valence-electron chi connectivity index (χ1n) is 10.6. The molecule has 3 rings (SSSR count). The summed E-state index contributed by atoms with van der Waals surface area (Å²) < 4.78 is 11.0. The fourth-order valence-electron chi connectivity index (χ4n) is 3.63. The molecule has 0 spiro atoms. The van der Waals surface area contributed by atoms with Crippen molar-refractivity contribution in [3.05, 3.63) is 53.9 Å². The lowest BCUT2D eigenvalue weighted by molar-refractivity contribution is 0.196. The van der Waals surface area contributed by atoms with Crippen molar-refractivity contribution in [1.82, 2.24) is 20.5 Å². The number of nitrogens with zero attached hydrogens (tertiary/aromatic N) is 3. The molecule has 1 fully saturated rings. The molecule has 1 aliphatic heterocycles. The Morgan fingerprint density at radius 2 is 2.00 bits per heavy atom. The van der Waals surface area contributed by atoms with Crippen LogP contribution in [-0.4, -0.2) is 55.7 Å². The highest BCUT2D eigenvalue weighted by molar-refractivity contribution is 14.0. The quantitative estimate of drug-likeness (QED) is 0.305. The maximum absolute atomic E-state index is 5.67. The van der Waals surface area contributed by atoms with Gasteiger partial charge in [0.1, 0.15) is 0 Å². The highest BCUT2D eigenvalue weighted by Crippen LogP contribution is 2.28. The average Bonchev–Trinajstić information content (AvgIpc) is 2.79. The van der Waals surface area contributed by atoms with E-state index in [4.69, 9.17) is 9.47 Å². The monoisotopic (exact) mass is 539 g/mol. The molecular weight excluding hydrogens is 505 g/mol. The Morgan fingerprint density at radius 3 is 2.65 bits per heavy atom. The number of benzene rings is 1.